The molecule has 6 nitrogen and oxygen atoms in total. The molecule has 1 saturated heterocycles. The van der Waals surface area contributed by atoms with Gasteiger partial charge in [-0.05, 0) is 31.2 Å². The van der Waals surface area contributed by atoms with Crippen molar-refractivity contribution in [2.24, 2.45) is 5.73 Å². The number of nitrogens with zero attached hydrogens (tertiary/aromatic N) is 2. The minimum absolute atomic E-state index is 0.00502. The Kier molecular flexibility index (Phi) is 6.27. The van der Waals surface area contributed by atoms with Gasteiger partial charge in [0.05, 0.1) is 5.02 Å². The van der Waals surface area contributed by atoms with Gasteiger partial charge in [-0.2, -0.15) is 4.31 Å². The number of carbonyl (C=O) groups is 1. The Bertz CT molecular complexity index is 674. The second kappa shape index (κ2) is 7.81. The second-order valence-corrected chi connectivity index (χ2v) is 8.00. The Morgan fingerprint density at radius 3 is 2.43 bits per heavy atom. The van der Waals surface area contributed by atoms with Crippen molar-refractivity contribution in [3.05, 3.63) is 28.2 Å². The molecule has 0 saturated carbocycles. The lowest BCUT2D eigenvalue weighted by molar-refractivity contribution is -0.132. The predicted molar refractivity (Wildman–Crippen MR) is 90.1 cm³/mol. The van der Waals surface area contributed by atoms with Crippen LogP contribution in [0.15, 0.2) is 23.1 Å². The molecule has 0 atom stereocenters. The summed E-state index contributed by atoms with van der Waals surface area (Å²) in [6.45, 7) is 1.66. The number of benzene rings is 1. The van der Waals surface area contributed by atoms with Crippen molar-refractivity contribution in [1.82, 2.24) is 9.21 Å². The van der Waals surface area contributed by atoms with Crippen molar-refractivity contribution in [3.63, 3.8) is 0 Å². The van der Waals surface area contributed by atoms with E-state index in [1.54, 1.807) is 4.90 Å². The zero-order valence-electron chi connectivity index (χ0n) is 12.5. The average Bonchev–Trinajstić information content (AvgIpc) is 2.54. The van der Waals surface area contributed by atoms with Crippen LogP contribution in [0.2, 0.25) is 10.0 Å². The molecule has 2 N–H and O–H groups in total. The lowest BCUT2D eigenvalue weighted by Gasteiger charge is -2.34. The Morgan fingerprint density at radius 1 is 1.17 bits per heavy atom. The number of sulfonamides is 1. The fourth-order valence-corrected chi connectivity index (χ4v) is 4.56. The molecule has 1 heterocycles. The first kappa shape index (κ1) is 18.5. The number of carbonyl (C=O) groups excluding carboxylic acids is 1. The molecule has 1 aliphatic rings. The van der Waals surface area contributed by atoms with Crippen molar-refractivity contribution >= 4 is 39.1 Å². The van der Waals surface area contributed by atoms with E-state index >= 15 is 0 Å². The minimum atomic E-state index is -3.72. The third-order valence-corrected chi connectivity index (χ3v) is 6.31. The molecule has 0 aromatic heterocycles. The number of nitrogens with two attached hydrogens (primary N) is 1. The van der Waals surface area contributed by atoms with E-state index in [0.29, 0.717) is 37.5 Å². The summed E-state index contributed by atoms with van der Waals surface area (Å²) in [5, 5.41) is 0.444. The predicted octanol–water partition coefficient (Wildman–Crippen LogP) is 1.57. The van der Waals surface area contributed by atoms with Crippen LogP contribution in [-0.2, 0) is 14.8 Å². The second-order valence-electron chi connectivity index (χ2n) is 5.25. The summed E-state index contributed by atoms with van der Waals surface area (Å²) in [6, 6.07) is 4.35. The molecule has 0 bridgehead atoms. The molecule has 0 unspecified atom stereocenters. The molecule has 1 amide bonds. The van der Waals surface area contributed by atoms with Crippen molar-refractivity contribution in [1.29, 1.82) is 0 Å². The minimum Gasteiger partial charge on any atom is -0.340 e. The summed E-state index contributed by atoms with van der Waals surface area (Å²) in [7, 11) is -3.72. The quantitative estimate of drug-likeness (QED) is 0.841. The van der Waals surface area contributed by atoms with Crippen LogP contribution in [0.1, 0.15) is 12.8 Å². The first-order valence-corrected chi connectivity index (χ1v) is 9.49. The van der Waals surface area contributed by atoms with E-state index in [-0.39, 0.29) is 28.9 Å². The molecular weight excluding hydrogens is 361 g/mol. The Balaban J connectivity index is 2.07. The van der Waals surface area contributed by atoms with Crippen LogP contribution >= 0.6 is 23.2 Å². The highest BCUT2D eigenvalue weighted by molar-refractivity contribution is 7.89. The van der Waals surface area contributed by atoms with Crippen molar-refractivity contribution in [2.45, 2.75) is 17.7 Å². The molecule has 2 rings (SSSR count). The average molecular weight is 380 g/mol. The first-order chi connectivity index (χ1) is 10.9. The number of hydrogen-bond acceptors (Lipinski definition) is 4. The highest BCUT2D eigenvalue weighted by Crippen LogP contribution is 2.28. The van der Waals surface area contributed by atoms with Gasteiger partial charge in [0.15, 0.2) is 0 Å². The van der Waals surface area contributed by atoms with Gasteiger partial charge in [0.1, 0.15) is 4.90 Å². The maximum absolute atomic E-state index is 12.7. The van der Waals surface area contributed by atoms with Crippen LogP contribution in [0.5, 0.6) is 0 Å². The number of rotatable bonds is 5. The smallest absolute Gasteiger partial charge is 0.244 e. The fourth-order valence-electron chi connectivity index (χ4n) is 2.40. The summed E-state index contributed by atoms with van der Waals surface area (Å²) < 4.78 is 26.7. The molecule has 0 aliphatic carbocycles. The van der Waals surface area contributed by atoms with Crippen LogP contribution in [0, 0.1) is 0 Å². The number of amides is 1. The lowest BCUT2D eigenvalue weighted by atomic mass is 10.2. The van der Waals surface area contributed by atoms with Gasteiger partial charge in [-0.3, -0.25) is 4.79 Å². The van der Waals surface area contributed by atoms with E-state index in [0.717, 1.165) is 0 Å². The van der Waals surface area contributed by atoms with Crippen molar-refractivity contribution < 1.29 is 13.2 Å². The molecule has 23 heavy (non-hydrogen) atoms. The van der Waals surface area contributed by atoms with Crippen LogP contribution in [0.3, 0.4) is 0 Å². The largest absolute Gasteiger partial charge is 0.340 e. The van der Waals surface area contributed by atoms with E-state index < -0.39 is 10.0 Å². The zero-order valence-corrected chi connectivity index (χ0v) is 14.9. The van der Waals surface area contributed by atoms with Crippen LogP contribution in [0.4, 0.5) is 0 Å². The van der Waals surface area contributed by atoms with Crippen LogP contribution < -0.4 is 5.73 Å². The van der Waals surface area contributed by atoms with Gasteiger partial charge in [-0.15, -0.1) is 0 Å². The maximum Gasteiger partial charge on any atom is 0.244 e. The van der Waals surface area contributed by atoms with E-state index in [2.05, 4.69) is 0 Å². The lowest BCUT2D eigenvalue weighted by Crippen LogP contribution is -2.50. The van der Waals surface area contributed by atoms with E-state index in [1.165, 1.54) is 22.5 Å². The monoisotopic (exact) mass is 379 g/mol. The standard InChI is InChI=1S/C14H19Cl2N3O3S/c15-11-3-4-12(16)13(10-11)23(21,22)19-8-6-18(7-9-19)14(20)2-1-5-17/h3-4,10H,1-2,5-9,17H2. The first-order valence-electron chi connectivity index (χ1n) is 7.29. The number of hydrogen-bond donors (Lipinski definition) is 1. The normalized spacial score (nSPS) is 16.6. The SMILES string of the molecule is NCCCC(=O)N1CCN(S(=O)(=O)c2cc(Cl)ccc2Cl)CC1. The van der Waals surface area contributed by atoms with Crippen LogP contribution in [0.25, 0.3) is 0 Å². The topological polar surface area (TPSA) is 83.7 Å². The summed E-state index contributed by atoms with van der Waals surface area (Å²) in [5.41, 5.74) is 5.39. The molecule has 0 radical (unpaired) electrons. The maximum atomic E-state index is 12.7. The van der Waals surface area contributed by atoms with E-state index in [1.807, 2.05) is 0 Å². The van der Waals surface area contributed by atoms with Gasteiger partial charge in [-0.1, -0.05) is 23.2 Å². The van der Waals surface area contributed by atoms with Gasteiger partial charge in [0.2, 0.25) is 15.9 Å². The Hall–Kier alpha value is -0.860. The molecule has 128 valence electrons. The van der Waals surface area contributed by atoms with E-state index in [4.69, 9.17) is 28.9 Å². The summed E-state index contributed by atoms with van der Waals surface area (Å²) >= 11 is 11.9. The molecular formula is C14H19Cl2N3O3S. The molecule has 1 aromatic rings. The summed E-state index contributed by atoms with van der Waals surface area (Å²) in [6.07, 6.45) is 1.03. The molecule has 0 spiro atoms. The molecule has 9 heteroatoms. The fraction of sp³-hybridized carbons (Fsp3) is 0.500. The summed E-state index contributed by atoms with van der Waals surface area (Å²) in [5.74, 6) is 0.00767. The summed E-state index contributed by atoms with van der Waals surface area (Å²) in [4.78, 5) is 13.6. The van der Waals surface area contributed by atoms with Crippen LogP contribution in [-0.4, -0.2) is 56.3 Å². The van der Waals surface area contributed by atoms with Gasteiger partial charge in [-0.25, -0.2) is 8.42 Å². The number of halogens is 2. The molecule has 1 aromatic carbocycles. The molecule has 1 fully saturated rings. The van der Waals surface area contributed by atoms with E-state index in [9.17, 15) is 13.2 Å². The Morgan fingerprint density at radius 2 is 1.83 bits per heavy atom. The highest BCUT2D eigenvalue weighted by atomic mass is 35.5. The van der Waals surface area contributed by atoms with Gasteiger partial charge < -0.3 is 10.6 Å². The van der Waals surface area contributed by atoms with Gasteiger partial charge in [0, 0.05) is 37.6 Å². The van der Waals surface area contributed by atoms with Gasteiger partial charge >= 0.3 is 0 Å². The molecule has 1 aliphatic heterocycles. The third kappa shape index (κ3) is 4.36. The Labute approximate surface area is 146 Å². The van der Waals surface area contributed by atoms with Crippen molar-refractivity contribution in [2.75, 3.05) is 32.7 Å². The van der Waals surface area contributed by atoms with Gasteiger partial charge in [0.25, 0.3) is 0 Å². The number of piperazine rings is 1. The third-order valence-electron chi connectivity index (χ3n) is 3.70. The highest BCUT2D eigenvalue weighted by Gasteiger charge is 2.31. The van der Waals surface area contributed by atoms with Crippen molar-refractivity contribution in [3.8, 4) is 0 Å². The zero-order chi connectivity index (χ0) is 17.0.